The summed E-state index contributed by atoms with van der Waals surface area (Å²) in [5.41, 5.74) is 0.770. The molecule has 1 rings (SSSR count). The monoisotopic (exact) mass is 236 g/mol. The zero-order valence-corrected chi connectivity index (χ0v) is 10.4. The summed E-state index contributed by atoms with van der Waals surface area (Å²) in [6.45, 7) is 4.02. The highest BCUT2D eigenvalue weighted by molar-refractivity contribution is 5.76. The molecule has 1 aromatic carbocycles. The van der Waals surface area contributed by atoms with Gasteiger partial charge in [-0.1, -0.05) is 25.1 Å². The summed E-state index contributed by atoms with van der Waals surface area (Å²) in [4.78, 5) is 13.4. The first kappa shape index (κ1) is 13.5. The normalized spacial score (nSPS) is 10.2. The van der Waals surface area contributed by atoms with Gasteiger partial charge in [0, 0.05) is 32.1 Å². The molecule has 0 radical (unpaired) electrons. The minimum atomic E-state index is 0.0780. The Morgan fingerprint density at radius 2 is 2.12 bits per heavy atom. The molecule has 17 heavy (non-hydrogen) atoms. The first-order valence-electron chi connectivity index (χ1n) is 5.86. The van der Waals surface area contributed by atoms with Crippen LogP contribution in [0.4, 0.5) is 0 Å². The molecule has 0 saturated carbocycles. The highest BCUT2D eigenvalue weighted by Gasteiger charge is 2.10. The minimum absolute atomic E-state index is 0.0780. The summed E-state index contributed by atoms with van der Waals surface area (Å²) in [5, 5.41) is 12.7. The van der Waals surface area contributed by atoms with E-state index in [0.29, 0.717) is 19.5 Å². The van der Waals surface area contributed by atoms with Gasteiger partial charge in [0.2, 0.25) is 5.91 Å². The zero-order chi connectivity index (χ0) is 12.7. The van der Waals surface area contributed by atoms with Crippen LogP contribution in [-0.4, -0.2) is 36.1 Å². The molecule has 0 heterocycles. The molecule has 0 bridgehead atoms. The Kier molecular flexibility index (Phi) is 5.49. The lowest BCUT2D eigenvalue weighted by molar-refractivity contribution is -0.130. The van der Waals surface area contributed by atoms with Crippen LogP contribution in [0.3, 0.4) is 0 Å². The zero-order valence-electron chi connectivity index (χ0n) is 10.4. The number of carbonyl (C=O) groups is 1. The summed E-state index contributed by atoms with van der Waals surface area (Å²) in [7, 11) is 1.75. The molecular formula is C13H20N2O2. The van der Waals surface area contributed by atoms with Gasteiger partial charge in [-0.25, -0.2) is 0 Å². The van der Waals surface area contributed by atoms with Gasteiger partial charge < -0.3 is 15.3 Å². The molecule has 4 heteroatoms. The first-order valence-corrected chi connectivity index (χ1v) is 5.86. The molecule has 0 spiro atoms. The van der Waals surface area contributed by atoms with Crippen LogP contribution in [0.2, 0.25) is 0 Å². The molecule has 1 aromatic rings. The van der Waals surface area contributed by atoms with Gasteiger partial charge in [-0.15, -0.1) is 0 Å². The summed E-state index contributed by atoms with van der Waals surface area (Å²) in [6, 6.07) is 7.08. The number of aromatic hydroxyl groups is 1. The van der Waals surface area contributed by atoms with Gasteiger partial charge in [-0.3, -0.25) is 4.79 Å². The maximum Gasteiger partial charge on any atom is 0.223 e. The SMILES string of the molecule is CCNCCC(=O)N(C)Cc1ccccc1O. The Labute approximate surface area is 102 Å². The van der Waals surface area contributed by atoms with Gasteiger partial charge in [-0.05, 0) is 12.6 Å². The molecule has 0 unspecified atom stereocenters. The van der Waals surface area contributed by atoms with Gasteiger partial charge in [0.15, 0.2) is 0 Å². The summed E-state index contributed by atoms with van der Waals surface area (Å²) >= 11 is 0. The van der Waals surface area contributed by atoms with Gasteiger partial charge >= 0.3 is 0 Å². The molecule has 0 saturated heterocycles. The lowest BCUT2D eigenvalue weighted by Gasteiger charge is -2.18. The van der Waals surface area contributed by atoms with E-state index in [1.807, 2.05) is 19.1 Å². The fraction of sp³-hybridized carbons (Fsp3) is 0.462. The molecule has 0 aliphatic heterocycles. The predicted octanol–water partition coefficient (Wildman–Crippen LogP) is 1.35. The quantitative estimate of drug-likeness (QED) is 0.733. The Hall–Kier alpha value is -1.55. The van der Waals surface area contributed by atoms with Crippen molar-refractivity contribution in [2.75, 3.05) is 20.1 Å². The number of hydrogen-bond donors (Lipinski definition) is 2. The molecule has 0 aliphatic rings. The second-order valence-corrected chi connectivity index (χ2v) is 3.98. The average Bonchev–Trinajstić information content (AvgIpc) is 2.32. The third kappa shape index (κ3) is 4.44. The Bertz CT molecular complexity index is 366. The Morgan fingerprint density at radius 3 is 2.76 bits per heavy atom. The van der Waals surface area contributed by atoms with E-state index in [-0.39, 0.29) is 11.7 Å². The number of amides is 1. The predicted molar refractivity (Wildman–Crippen MR) is 67.7 cm³/mol. The van der Waals surface area contributed by atoms with Crippen molar-refractivity contribution in [3.8, 4) is 5.75 Å². The Balaban J connectivity index is 2.46. The van der Waals surface area contributed by atoms with E-state index in [1.165, 1.54) is 0 Å². The van der Waals surface area contributed by atoms with E-state index >= 15 is 0 Å². The van der Waals surface area contributed by atoms with Crippen LogP contribution in [0.25, 0.3) is 0 Å². The first-order chi connectivity index (χ1) is 8.15. The van der Waals surface area contributed by atoms with Crippen molar-refractivity contribution < 1.29 is 9.90 Å². The maximum atomic E-state index is 11.7. The van der Waals surface area contributed by atoms with E-state index in [0.717, 1.165) is 12.1 Å². The van der Waals surface area contributed by atoms with Crippen LogP contribution in [0.5, 0.6) is 5.75 Å². The summed E-state index contributed by atoms with van der Waals surface area (Å²) in [5.74, 6) is 0.313. The molecule has 4 nitrogen and oxygen atoms in total. The Morgan fingerprint density at radius 1 is 1.41 bits per heavy atom. The fourth-order valence-corrected chi connectivity index (χ4v) is 1.55. The van der Waals surface area contributed by atoms with Gasteiger partial charge in [0.05, 0.1) is 0 Å². The fourth-order valence-electron chi connectivity index (χ4n) is 1.55. The highest BCUT2D eigenvalue weighted by atomic mass is 16.3. The lowest BCUT2D eigenvalue weighted by Crippen LogP contribution is -2.29. The van der Waals surface area contributed by atoms with Crippen molar-refractivity contribution in [1.82, 2.24) is 10.2 Å². The number of phenols is 1. The molecule has 94 valence electrons. The van der Waals surface area contributed by atoms with Crippen molar-refractivity contribution in [3.63, 3.8) is 0 Å². The molecule has 0 aromatic heterocycles. The van der Waals surface area contributed by atoms with Crippen LogP contribution in [0.1, 0.15) is 18.9 Å². The van der Waals surface area contributed by atoms with Crippen LogP contribution in [-0.2, 0) is 11.3 Å². The number of nitrogens with zero attached hydrogens (tertiary/aromatic N) is 1. The van der Waals surface area contributed by atoms with Crippen molar-refractivity contribution in [3.05, 3.63) is 29.8 Å². The van der Waals surface area contributed by atoms with Crippen molar-refractivity contribution in [2.24, 2.45) is 0 Å². The highest BCUT2D eigenvalue weighted by Crippen LogP contribution is 2.17. The molecular weight excluding hydrogens is 216 g/mol. The molecule has 2 N–H and O–H groups in total. The van der Waals surface area contributed by atoms with E-state index in [2.05, 4.69) is 5.32 Å². The molecule has 0 aliphatic carbocycles. The number of phenolic OH excluding ortho intramolecular Hbond substituents is 1. The molecule has 1 amide bonds. The minimum Gasteiger partial charge on any atom is -0.508 e. The standard InChI is InChI=1S/C13H20N2O2/c1-3-14-9-8-13(17)15(2)10-11-6-4-5-7-12(11)16/h4-7,14,16H,3,8-10H2,1-2H3. The smallest absolute Gasteiger partial charge is 0.223 e. The van der Waals surface area contributed by atoms with Crippen LogP contribution < -0.4 is 5.32 Å². The van der Waals surface area contributed by atoms with Crippen LogP contribution >= 0.6 is 0 Å². The number of hydrogen-bond acceptors (Lipinski definition) is 3. The van der Waals surface area contributed by atoms with Crippen molar-refractivity contribution >= 4 is 5.91 Å². The van der Waals surface area contributed by atoms with E-state index in [1.54, 1.807) is 24.1 Å². The lowest BCUT2D eigenvalue weighted by atomic mass is 10.2. The van der Waals surface area contributed by atoms with Gasteiger partial charge in [0.25, 0.3) is 0 Å². The van der Waals surface area contributed by atoms with E-state index < -0.39 is 0 Å². The van der Waals surface area contributed by atoms with Crippen molar-refractivity contribution in [2.45, 2.75) is 19.9 Å². The van der Waals surface area contributed by atoms with E-state index in [4.69, 9.17) is 0 Å². The average molecular weight is 236 g/mol. The second-order valence-electron chi connectivity index (χ2n) is 3.98. The van der Waals surface area contributed by atoms with Crippen LogP contribution in [0, 0.1) is 0 Å². The topological polar surface area (TPSA) is 52.6 Å². The third-order valence-electron chi connectivity index (χ3n) is 2.59. The third-order valence-corrected chi connectivity index (χ3v) is 2.59. The number of nitrogens with one attached hydrogen (secondary N) is 1. The largest absolute Gasteiger partial charge is 0.508 e. The van der Waals surface area contributed by atoms with Crippen molar-refractivity contribution in [1.29, 1.82) is 0 Å². The second kappa shape index (κ2) is 6.91. The molecule has 0 fully saturated rings. The van der Waals surface area contributed by atoms with E-state index in [9.17, 15) is 9.90 Å². The summed E-state index contributed by atoms with van der Waals surface area (Å²) < 4.78 is 0. The number of benzene rings is 1. The van der Waals surface area contributed by atoms with Gasteiger partial charge in [-0.2, -0.15) is 0 Å². The number of carbonyl (C=O) groups excluding carboxylic acids is 1. The van der Waals surface area contributed by atoms with Gasteiger partial charge in [0.1, 0.15) is 5.75 Å². The molecule has 0 atom stereocenters. The maximum absolute atomic E-state index is 11.7. The summed E-state index contributed by atoms with van der Waals surface area (Å²) in [6.07, 6.45) is 0.484. The number of para-hydroxylation sites is 1. The number of rotatable bonds is 6. The van der Waals surface area contributed by atoms with Crippen LogP contribution in [0.15, 0.2) is 24.3 Å².